The van der Waals surface area contributed by atoms with E-state index in [2.05, 4.69) is 31.4 Å². The lowest BCUT2D eigenvalue weighted by atomic mass is 9.72. The van der Waals surface area contributed by atoms with Crippen molar-refractivity contribution >= 4 is 33.8 Å². The minimum atomic E-state index is -0.381. The summed E-state index contributed by atoms with van der Waals surface area (Å²) in [6.45, 7) is 8.91. The number of anilines is 1. The molecule has 5 rings (SSSR count). The van der Waals surface area contributed by atoms with Gasteiger partial charge in [0.25, 0.3) is 5.91 Å². The first-order chi connectivity index (χ1) is 14.7. The van der Waals surface area contributed by atoms with Crippen LogP contribution in [0.4, 0.5) is 5.00 Å². The molecule has 2 aliphatic rings. The summed E-state index contributed by atoms with van der Waals surface area (Å²) in [4.78, 5) is 14.4. The predicted octanol–water partition coefficient (Wildman–Crippen LogP) is 6.98. The zero-order valence-corrected chi connectivity index (χ0v) is 19.8. The van der Waals surface area contributed by atoms with Crippen molar-refractivity contribution in [2.45, 2.75) is 53.1 Å². The van der Waals surface area contributed by atoms with Crippen molar-refractivity contribution in [2.24, 2.45) is 11.3 Å². The Balaban J connectivity index is 1.41. The van der Waals surface area contributed by atoms with Gasteiger partial charge in [-0.05, 0) is 66.8 Å². The molecule has 2 N–H and O–H groups in total. The van der Waals surface area contributed by atoms with Crippen LogP contribution in [0.3, 0.4) is 0 Å². The van der Waals surface area contributed by atoms with Crippen LogP contribution in [0.1, 0.15) is 65.5 Å². The molecule has 0 radical (unpaired) electrons. The Morgan fingerprint density at radius 3 is 2.71 bits per heavy atom. The zero-order valence-electron chi connectivity index (χ0n) is 18.3. The second-order valence-electron chi connectivity index (χ2n) is 9.73. The SMILES string of the molecule is Cc1ccc(-c2ccc([C@H]3NC(=O)c4c(sc5c4CC[C@H](C(C)(C)C)C5)N3)o2)cc1Cl. The maximum atomic E-state index is 13.0. The summed E-state index contributed by atoms with van der Waals surface area (Å²) in [5.41, 5.74) is 4.30. The lowest BCUT2D eigenvalue weighted by Crippen LogP contribution is -2.38. The summed E-state index contributed by atoms with van der Waals surface area (Å²) in [5, 5.41) is 8.27. The molecule has 1 aliphatic carbocycles. The molecule has 4 nitrogen and oxygen atoms in total. The molecule has 31 heavy (non-hydrogen) atoms. The van der Waals surface area contributed by atoms with Gasteiger partial charge in [0, 0.05) is 15.5 Å². The van der Waals surface area contributed by atoms with Crippen LogP contribution in [0.2, 0.25) is 5.02 Å². The molecule has 0 saturated heterocycles. The van der Waals surface area contributed by atoms with E-state index in [1.165, 1.54) is 10.4 Å². The maximum absolute atomic E-state index is 13.0. The molecule has 3 aromatic rings. The number of hydrogen-bond acceptors (Lipinski definition) is 4. The van der Waals surface area contributed by atoms with Crippen LogP contribution < -0.4 is 10.6 Å². The van der Waals surface area contributed by atoms with Crippen molar-refractivity contribution in [3.05, 3.63) is 62.7 Å². The minimum Gasteiger partial charge on any atom is -0.457 e. The van der Waals surface area contributed by atoms with Gasteiger partial charge in [-0.1, -0.05) is 44.5 Å². The van der Waals surface area contributed by atoms with Crippen molar-refractivity contribution in [2.75, 3.05) is 5.32 Å². The molecule has 1 aromatic carbocycles. The van der Waals surface area contributed by atoms with Crippen LogP contribution >= 0.6 is 22.9 Å². The molecule has 2 atom stereocenters. The van der Waals surface area contributed by atoms with E-state index in [0.29, 0.717) is 16.7 Å². The molecule has 162 valence electrons. The van der Waals surface area contributed by atoms with Crippen molar-refractivity contribution < 1.29 is 9.21 Å². The van der Waals surface area contributed by atoms with Gasteiger partial charge in [-0.2, -0.15) is 0 Å². The van der Waals surface area contributed by atoms with E-state index in [4.69, 9.17) is 16.0 Å². The minimum absolute atomic E-state index is 0.0122. The summed E-state index contributed by atoms with van der Waals surface area (Å²) in [7, 11) is 0. The quantitative estimate of drug-likeness (QED) is 0.439. The largest absolute Gasteiger partial charge is 0.457 e. The highest BCUT2D eigenvalue weighted by molar-refractivity contribution is 7.16. The van der Waals surface area contributed by atoms with Gasteiger partial charge in [0.15, 0.2) is 6.17 Å². The lowest BCUT2D eigenvalue weighted by molar-refractivity contribution is 0.0930. The molecule has 0 fully saturated rings. The number of rotatable bonds is 2. The van der Waals surface area contributed by atoms with Crippen molar-refractivity contribution in [3.63, 3.8) is 0 Å². The topological polar surface area (TPSA) is 54.3 Å². The molecule has 3 heterocycles. The molecule has 6 heteroatoms. The molecule has 2 aromatic heterocycles. The number of fused-ring (bicyclic) bond motifs is 3. The van der Waals surface area contributed by atoms with E-state index in [-0.39, 0.29) is 17.5 Å². The molecule has 1 amide bonds. The van der Waals surface area contributed by atoms with Crippen LogP contribution in [-0.4, -0.2) is 5.91 Å². The highest BCUT2D eigenvalue weighted by Gasteiger charge is 2.37. The Morgan fingerprint density at radius 1 is 1.16 bits per heavy atom. The first-order valence-electron chi connectivity index (χ1n) is 10.8. The molecular formula is C25H27ClN2O2S. The van der Waals surface area contributed by atoms with Crippen LogP contribution in [0.25, 0.3) is 11.3 Å². The first kappa shape index (κ1) is 20.7. The van der Waals surface area contributed by atoms with E-state index >= 15 is 0 Å². The fourth-order valence-corrected chi connectivity index (χ4v) is 6.12. The number of amides is 1. The summed E-state index contributed by atoms with van der Waals surface area (Å²) in [6, 6.07) is 9.72. The van der Waals surface area contributed by atoms with E-state index < -0.39 is 0 Å². The number of carbonyl (C=O) groups is 1. The third-order valence-electron chi connectivity index (χ3n) is 6.64. The van der Waals surface area contributed by atoms with Crippen molar-refractivity contribution in [1.29, 1.82) is 0 Å². The number of thiophene rings is 1. The van der Waals surface area contributed by atoms with Crippen LogP contribution in [0, 0.1) is 18.3 Å². The number of hydrogen-bond donors (Lipinski definition) is 2. The Bertz CT molecular complexity index is 1170. The lowest BCUT2D eigenvalue weighted by Gasteiger charge is -2.34. The highest BCUT2D eigenvalue weighted by Crippen LogP contribution is 2.46. The summed E-state index contributed by atoms with van der Waals surface area (Å²) in [5.74, 6) is 2.05. The maximum Gasteiger partial charge on any atom is 0.256 e. The second-order valence-corrected chi connectivity index (χ2v) is 11.2. The van der Waals surface area contributed by atoms with Crippen molar-refractivity contribution in [1.82, 2.24) is 5.32 Å². The number of aryl methyl sites for hydroxylation is 1. The average Bonchev–Trinajstić information content (AvgIpc) is 3.33. The zero-order chi connectivity index (χ0) is 21.9. The Labute approximate surface area is 192 Å². The Hall–Kier alpha value is -2.24. The van der Waals surface area contributed by atoms with Gasteiger partial charge >= 0.3 is 0 Å². The standard InChI is InChI=1S/C25H27ClN2O2S/c1-13-5-6-14(11-17(13)26)18-9-10-19(30-18)22-27-23(29)21-16-8-7-15(25(2,3)4)12-20(16)31-24(21)28-22/h5-6,9-11,15,22,28H,7-8,12H2,1-4H3,(H,27,29)/t15-,22-/m0/s1. The summed E-state index contributed by atoms with van der Waals surface area (Å²) >= 11 is 8.01. The number of furan rings is 1. The number of carbonyl (C=O) groups excluding carboxylic acids is 1. The van der Waals surface area contributed by atoms with Gasteiger partial charge in [-0.15, -0.1) is 11.3 Å². The number of halogens is 1. The van der Waals surface area contributed by atoms with E-state index in [1.54, 1.807) is 11.3 Å². The molecule has 0 bridgehead atoms. The van der Waals surface area contributed by atoms with Crippen LogP contribution in [-0.2, 0) is 12.8 Å². The molecule has 0 spiro atoms. The monoisotopic (exact) mass is 454 g/mol. The van der Waals surface area contributed by atoms with Crippen LogP contribution in [0.5, 0.6) is 0 Å². The predicted molar refractivity (Wildman–Crippen MR) is 127 cm³/mol. The van der Waals surface area contributed by atoms with Gasteiger partial charge < -0.3 is 15.1 Å². The number of benzene rings is 1. The van der Waals surface area contributed by atoms with Gasteiger partial charge in [0.2, 0.25) is 0 Å². The molecule has 0 unspecified atom stereocenters. The van der Waals surface area contributed by atoms with Gasteiger partial charge in [-0.3, -0.25) is 4.79 Å². The van der Waals surface area contributed by atoms with E-state index in [1.807, 2.05) is 37.3 Å². The Morgan fingerprint density at radius 2 is 1.97 bits per heavy atom. The Kier molecular flexibility index (Phi) is 4.94. The van der Waals surface area contributed by atoms with Gasteiger partial charge in [0.1, 0.15) is 16.5 Å². The second kappa shape index (κ2) is 7.42. The fourth-order valence-electron chi connectivity index (χ4n) is 4.59. The van der Waals surface area contributed by atoms with Gasteiger partial charge in [-0.25, -0.2) is 0 Å². The van der Waals surface area contributed by atoms with Crippen LogP contribution in [0.15, 0.2) is 34.7 Å². The smallest absolute Gasteiger partial charge is 0.256 e. The first-order valence-corrected chi connectivity index (χ1v) is 12.0. The third-order valence-corrected chi connectivity index (χ3v) is 8.23. The summed E-state index contributed by atoms with van der Waals surface area (Å²) < 4.78 is 6.10. The molecular weight excluding hydrogens is 428 g/mol. The number of nitrogens with one attached hydrogen (secondary N) is 2. The third kappa shape index (κ3) is 3.68. The van der Waals surface area contributed by atoms with E-state index in [9.17, 15) is 4.79 Å². The van der Waals surface area contributed by atoms with Gasteiger partial charge in [0.05, 0.1) is 5.56 Å². The van der Waals surface area contributed by atoms with E-state index in [0.717, 1.165) is 46.7 Å². The fraction of sp³-hybridized carbons (Fsp3) is 0.400. The molecule has 1 aliphatic heterocycles. The molecule has 0 saturated carbocycles. The summed E-state index contributed by atoms with van der Waals surface area (Å²) in [6.07, 6.45) is 2.78. The van der Waals surface area contributed by atoms with Crippen molar-refractivity contribution in [3.8, 4) is 11.3 Å². The highest BCUT2D eigenvalue weighted by atomic mass is 35.5. The average molecular weight is 455 g/mol. The normalized spacial score (nSPS) is 20.6.